The third-order valence-electron chi connectivity index (χ3n) is 2.83. The van der Waals surface area contributed by atoms with Gasteiger partial charge in [-0.2, -0.15) is 0 Å². The average Bonchev–Trinajstić information content (AvgIpc) is 2.46. The number of carbonyl (C=O) groups is 1. The molecule has 0 aromatic heterocycles. The summed E-state index contributed by atoms with van der Waals surface area (Å²) in [5, 5.41) is 0. The molecule has 6 heteroatoms. The van der Waals surface area contributed by atoms with Gasteiger partial charge in [-0.25, -0.2) is 4.79 Å². The summed E-state index contributed by atoms with van der Waals surface area (Å²) in [5.74, 6) is 0.417. The molecule has 3 nitrogen and oxygen atoms in total. The van der Waals surface area contributed by atoms with Crippen LogP contribution in [0.3, 0.4) is 0 Å². The minimum atomic E-state index is -0.341. The Labute approximate surface area is 144 Å². The number of hydrogen-bond acceptors (Lipinski definition) is 4. The molecule has 2 rings (SSSR count). The molecule has 0 atom stereocenters. The molecular formula is C15H13Br2NO2S. The van der Waals surface area contributed by atoms with Crippen molar-refractivity contribution in [3.63, 3.8) is 0 Å². The largest absolute Gasteiger partial charge is 0.465 e. The Balaban J connectivity index is 2.11. The highest BCUT2D eigenvalue weighted by Crippen LogP contribution is 2.32. The van der Waals surface area contributed by atoms with Crippen molar-refractivity contribution in [1.29, 1.82) is 0 Å². The number of thioether (sulfide) groups is 1. The molecular weight excluding hydrogens is 418 g/mol. The van der Waals surface area contributed by atoms with Crippen LogP contribution in [0.1, 0.15) is 15.9 Å². The van der Waals surface area contributed by atoms with E-state index in [1.807, 2.05) is 24.3 Å². The van der Waals surface area contributed by atoms with E-state index < -0.39 is 0 Å². The van der Waals surface area contributed by atoms with Gasteiger partial charge in [0.2, 0.25) is 0 Å². The summed E-state index contributed by atoms with van der Waals surface area (Å²) in [6, 6.07) is 11.3. The van der Waals surface area contributed by atoms with E-state index in [1.54, 1.807) is 23.9 Å². The molecule has 0 radical (unpaired) electrons. The number of nitrogens with two attached hydrogens (primary N) is 1. The topological polar surface area (TPSA) is 52.3 Å². The standard InChI is InChI=1S/C15H13Br2NO2S/c1-20-15(19)9-2-3-10(12(17)6-9)8-21-14-5-4-11(16)7-13(14)18/h2-7H,8,18H2,1H3. The van der Waals surface area contributed by atoms with Gasteiger partial charge < -0.3 is 10.5 Å². The van der Waals surface area contributed by atoms with E-state index in [-0.39, 0.29) is 5.97 Å². The zero-order valence-electron chi connectivity index (χ0n) is 11.2. The monoisotopic (exact) mass is 429 g/mol. The van der Waals surface area contributed by atoms with E-state index in [1.165, 1.54) is 7.11 Å². The normalized spacial score (nSPS) is 10.4. The maximum atomic E-state index is 11.5. The lowest BCUT2D eigenvalue weighted by atomic mass is 10.1. The summed E-state index contributed by atoms with van der Waals surface area (Å²) in [6.45, 7) is 0. The van der Waals surface area contributed by atoms with Crippen molar-refractivity contribution in [2.45, 2.75) is 10.6 Å². The molecule has 0 saturated carbocycles. The number of ether oxygens (including phenoxy) is 1. The summed E-state index contributed by atoms with van der Waals surface area (Å²) < 4.78 is 6.55. The second-order valence-electron chi connectivity index (χ2n) is 4.27. The Hall–Kier alpha value is -0.980. The number of benzene rings is 2. The van der Waals surface area contributed by atoms with Crippen molar-refractivity contribution in [3.05, 3.63) is 56.5 Å². The van der Waals surface area contributed by atoms with Crippen LogP contribution in [0.5, 0.6) is 0 Å². The third kappa shape index (κ3) is 4.25. The quantitative estimate of drug-likeness (QED) is 0.427. The molecule has 0 bridgehead atoms. The molecule has 0 heterocycles. The lowest BCUT2D eigenvalue weighted by molar-refractivity contribution is 0.0600. The molecule has 2 N–H and O–H groups in total. The molecule has 0 aliphatic heterocycles. The molecule has 0 fully saturated rings. The zero-order chi connectivity index (χ0) is 15.4. The smallest absolute Gasteiger partial charge is 0.337 e. The van der Waals surface area contributed by atoms with Crippen LogP contribution in [0.4, 0.5) is 5.69 Å². The molecule has 0 amide bonds. The van der Waals surface area contributed by atoms with Gasteiger partial charge in [-0.3, -0.25) is 0 Å². The molecule has 0 saturated heterocycles. The van der Waals surface area contributed by atoms with Crippen LogP contribution in [0.2, 0.25) is 0 Å². The number of carbonyl (C=O) groups excluding carboxylic acids is 1. The van der Waals surface area contributed by atoms with Gasteiger partial charge in [0.25, 0.3) is 0 Å². The van der Waals surface area contributed by atoms with Gasteiger partial charge >= 0.3 is 5.97 Å². The summed E-state index contributed by atoms with van der Waals surface area (Å²) in [7, 11) is 1.37. The molecule has 0 aliphatic rings. The van der Waals surface area contributed by atoms with Crippen LogP contribution in [0.25, 0.3) is 0 Å². The van der Waals surface area contributed by atoms with E-state index in [4.69, 9.17) is 10.5 Å². The van der Waals surface area contributed by atoms with Crippen LogP contribution in [-0.2, 0) is 10.5 Å². The first kappa shape index (κ1) is 16.4. The van der Waals surface area contributed by atoms with Crippen molar-refractivity contribution < 1.29 is 9.53 Å². The fraction of sp³-hybridized carbons (Fsp3) is 0.133. The van der Waals surface area contributed by atoms with Gasteiger partial charge in [-0.1, -0.05) is 37.9 Å². The van der Waals surface area contributed by atoms with Crippen molar-refractivity contribution >= 4 is 55.3 Å². The second-order valence-corrected chi connectivity index (χ2v) is 7.06. The first-order valence-corrected chi connectivity index (χ1v) is 8.63. The number of hydrogen-bond donors (Lipinski definition) is 1. The highest BCUT2D eigenvalue weighted by atomic mass is 79.9. The Kier molecular flexibility index (Phi) is 5.72. The fourth-order valence-electron chi connectivity index (χ4n) is 1.72. The number of halogens is 2. The third-order valence-corrected chi connectivity index (χ3v) is 5.20. The van der Waals surface area contributed by atoms with E-state index in [2.05, 4.69) is 31.9 Å². The lowest BCUT2D eigenvalue weighted by Crippen LogP contribution is -2.01. The first-order valence-electron chi connectivity index (χ1n) is 6.06. The Morgan fingerprint density at radius 1 is 1.24 bits per heavy atom. The molecule has 0 aliphatic carbocycles. The Bertz CT molecular complexity index is 677. The van der Waals surface area contributed by atoms with E-state index in [0.29, 0.717) is 5.56 Å². The molecule has 0 unspecified atom stereocenters. The minimum Gasteiger partial charge on any atom is -0.465 e. The molecule has 0 spiro atoms. The number of methoxy groups -OCH3 is 1. The second kappa shape index (κ2) is 7.33. The molecule has 2 aromatic carbocycles. The SMILES string of the molecule is COC(=O)c1ccc(CSc2ccc(Br)cc2N)c(Br)c1. The van der Waals surface area contributed by atoms with Crippen molar-refractivity contribution in [2.24, 2.45) is 0 Å². The predicted molar refractivity (Wildman–Crippen MR) is 93.6 cm³/mol. The molecule has 21 heavy (non-hydrogen) atoms. The van der Waals surface area contributed by atoms with Crippen molar-refractivity contribution in [3.8, 4) is 0 Å². The van der Waals surface area contributed by atoms with Gasteiger partial charge in [-0.05, 0) is 35.9 Å². The van der Waals surface area contributed by atoms with Gasteiger partial charge in [0.1, 0.15) is 0 Å². The number of rotatable bonds is 4. The van der Waals surface area contributed by atoms with E-state index >= 15 is 0 Å². The van der Waals surface area contributed by atoms with E-state index in [9.17, 15) is 4.79 Å². The number of anilines is 1. The summed E-state index contributed by atoms with van der Waals surface area (Å²) in [6.07, 6.45) is 0. The van der Waals surface area contributed by atoms with Crippen molar-refractivity contribution in [2.75, 3.05) is 12.8 Å². The van der Waals surface area contributed by atoms with Crippen LogP contribution in [0.15, 0.2) is 50.2 Å². The Morgan fingerprint density at radius 2 is 2.00 bits per heavy atom. The van der Waals surface area contributed by atoms with Gasteiger partial charge in [0, 0.05) is 25.3 Å². The maximum Gasteiger partial charge on any atom is 0.337 e. The van der Waals surface area contributed by atoms with Gasteiger partial charge in [0.05, 0.1) is 12.7 Å². The van der Waals surface area contributed by atoms with Crippen LogP contribution in [0, 0.1) is 0 Å². The average molecular weight is 431 g/mol. The first-order chi connectivity index (χ1) is 10.0. The van der Waals surface area contributed by atoms with E-state index in [0.717, 1.165) is 30.8 Å². The number of esters is 1. The summed E-state index contributed by atoms with van der Waals surface area (Å²) in [4.78, 5) is 12.5. The van der Waals surface area contributed by atoms with Crippen LogP contribution in [-0.4, -0.2) is 13.1 Å². The summed E-state index contributed by atoms with van der Waals surface area (Å²) >= 11 is 8.53. The number of nitrogen functional groups attached to an aromatic ring is 1. The lowest BCUT2D eigenvalue weighted by Gasteiger charge is -2.08. The zero-order valence-corrected chi connectivity index (χ0v) is 15.2. The summed E-state index contributed by atoms with van der Waals surface area (Å²) in [5.41, 5.74) is 8.35. The van der Waals surface area contributed by atoms with Gasteiger partial charge in [0.15, 0.2) is 0 Å². The highest BCUT2D eigenvalue weighted by molar-refractivity contribution is 9.10. The van der Waals surface area contributed by atoms with Crippen LogP contribution < -0.4 is 5.73 Å². The Morgan fingerprint density at radius 3 is 2.62 bits per heavy atom. The molecule has 110 valence electrons. The highest BCUT2D eigenvalue weighted by Gasteiger charge is 2.09. The maximum absolute atomic E-state index is 11.5. The predicted octanol–water partition coefficient (Wildman–Crippen LogP) is 4.87. The van der Waals surface area contributed by atoms with Gasteiger partial charge in [-0.15, -0.1) is 11.8 Å². The minimum absolute atomic E-state index is 0.341. The fourth-order valence-corrected chi connectivity index (χ4v) is 3.75. The van der Waals surface area contributed by atoms with Crippen LogP contribution >= 0.6 is 43.6 Å². The molecule has 2 aromatic rings. The van der Waals surface area contributed by atoms with Crippen molar-refractivity contribution in [1.82, 2.24) is 0 Å².